The van der Waals surface area contributed by atoms with Crippen LogP contribution in [-0.4, -0.2) is 33.0 Å². The number of rotatable bonds is 4. The SMILES string of the molecule is CN(Cc1ccn[nH]1)C(=O)c1ccc2oc(-c3cccc(F)c3)nc2c1. The van der Waals surface area contributed by atoms with Gasteiger partial charge in [0.05, 0.1) is 12.2 Å². The van der Waals surface area contributed by atoms with Crippen LogP contribution < -0.4 is 0 Å². The minimum atomic E-state index is -0.360. The number of carbonyl (C=O) groups excluding carboxylic acids is 1. The van der Waals surface area contributed by atoms with Crippen LogP contribution in [0.5, 0.6) is 0 Å². The van der Waals surface area contributed by atoms with E-state index in [-0.39, 0.29) is 11.7 Å². The Morgan fingerprint density at radius 1 is 1.23 bits per heavy atom. The summed E-state index contributed by atoms with van der Waals surface area (Å²) in [6.45, 7) is 0.421. The van der Waals surface area contributed by atoms with Crippen molar-refractivity contribution in [2.24, 2.45) is 0 Å². The Bertz CT molecular complexity index is 1070. The smallest absolute Gasteiger partial charge is 0.254 e. The van der Waals surface area contributed by atoms with Gasteiger partial charge in [-0.05, 0) is 42.5 Å². The van der Waals surface area contributed by atoms with Gasteiger partial charge in [0.2, 0.25) is 5.89 Å². The predicted molar refractivity (Wildman–Crippen MR) is 93.8 cm³/mol. The van der Waals surface area contributed by atoms with Crippen LogP contribution in [0, 0.1) is 5.82 Å². The highest BCUT2D eigenvalue weighted by Crippen LogP contribution is 2.25. The lowest BCUT2D eigenvalue weighted by molar-refractivity contribution is 0.0783. The minimum Gasteiger partial charge on any atom is -0.436 e. The maximum atomic E-state index is 13.4. The molecule has 0 atom stereocenters. The second kappa shape index (κ2) is 6.44. The number of hydrogen-bond donors (Lipinski definition) is 1. The van der Waals surface area contributed by atoms with Gasteiger partial charge < -0.3 is 9.32 Å². The Kier molecular flexibility index (Phi) is 3.96. The van der Waals surface area contributed by atoms with E-state index in [0.29, 0.717) is 34.7 Å². The molecule has 4 aromatic rings. The Hall–Kier alpha value is -3.48. The molecule has 130 valence electrons. The third kappa shape index (κ3) is 3.06. The number of carbonyl (C=O) groups is 1. The van der Waals surface area contributed by atoms with Gasteiger partial charge in [0.1, 0.15) is 11.3 Å². The van der Waals surface area contributed by atoms with Crippen LogP contribution in [0.4, 0.5) is 4.39 Å². The fourth-order valence-electron chi connectivity index (χ4n) is 2.73. The predicted octanol–water partition coefficient (Wildman–Crippen LogP) is 3.63. The van der Waals surface area contributed by atoms with Crippen molar-refractivity contribution in [2.75, 3.05) is 7.05 Å². The molecule has 0 spiro atoms. The summed E-state index contributed by atoms with van der Waals surface area (Å²) < 4.78 is 19.1. The van der Waals surface area contributed by atoms with Crippen molar-refractivity contribution in [1.29, 1.82) is 0 Å². The minimum absolute atomic E-state index is 0.142. The highest BCUT2D eigenvalue weighted by Gasteiger charge is 2.16. The van der Waals surface area contributed by atoms with Gasteiger partial charge in [0.25, 0.3) is 5.91 Å². The zero-order valence-corrected chi connectivity index (χ0v) is 13.9. The molecule has 0 bridgehead atoms. The van der Waals surface area contributed by atoms with Crippen molar-refractivity contribution in [3.05, 3.63) is 71.8 Å². The van der Waals surface area contributed by atoms with Gasteiger partial charge >= 0.3 is 0 Å². The van der Waals surface area contributed by atoms with Crippen molar-refractivity contribution < 1.29 is 13.6 Å². The highest BCUT2D eigenvalue weighted by atomic mass is 19.1. The van der Waals surface area contributed by atoms with Crippen molar-refractivity contribution in [2.45, 2.75) is 6.54 Å². The number of halogens is 1. The van der Waals surface area contributed by atoms with Crippen molar-refractivity contribution in [1.82, 2.24) is 20.1 Å². The first-order valence-corrected chi connectivity index (χ1v) is 8.00. The Morgan fingerprint density at radius 3 is 2.88 bits per heavy atom. The molecule has 6 nitrogen and oxygen atoms in total. The summed E-state index contributed by atoms with van der Waals surface area (Å²) >= 11 is 0. The Balaban J connectivity index is 1.62. The molecule has 0 fully saturated rings. The third-order valence-electron chi connectivity index (χ3n) is 4.02. The fourth-order valence-corrected chi connectivity index (χ4v) is 2.73. The van der Waals surface area contributed by atoms with E-state index in [2.05, 4.69) is 15.2 Å². The monoisotopic (exact) mass is 350 g/mol. The van der Waals surface area contributed by atoms with E-state index in [1.165, 1.54) is 12.1 Å². The topological polar surface area (TPSA) is 75.0 Å². The lowest BCUT2D eigenvalue weighted by atomic mass is 10.2. The molecule has 2 aromatic heterocycles. The van der Waals surface area contributed by atoms with Gasteiger partial charge in [-0.25, -0.2) is 9.37 Å². The van der Waals surface area contributed by atoms with Crippen molar-refractivity contribution in [3.8, 4) is 11.5 Å². The largest absolute Gasteiger partial charge is 0.436 e. The van der Waals surface area contributed by atoms with Gasteiger partial charge in [0.15, 0.2) is 5.58 Å². The van der Waals surface area contributed by atoms with Crippen LogP contribution in [-0.2, 0) is 6.54 Å². The molecule has 2 heterocycles. The number of H-pyrrole nitrogens is 1. The summed E-state index contributed by atoms with van der Waals surface area (Å²) in [5, 5.41) is 6.70. The number of nitrogens with zero attached hydrogens (tertiary/aromatic N) is 3. The zero-order chi connectivity index (χ0) is 18.1. The molecule has 0 saturated heterocycles. The second-order valence-corrected chi connectivity index (χ2v) is 5.95. The number of fused-ring (bicyclic) bond motifs is 1. The highest BCUT2D eigenvalue weighted by molar-refractivity contribution is 5.97. The van der Waals surface area contributed by atoms with Gasteiger partial charge in [0, 0.05) is 24.4 Å². The van der Waals surface area contributed by atoms with E-state index in [1.54, 1.807) is 48.5 Å². The molecular weight excluding hydrogens is 335 g/mol. The molecule has 0 unspecified atom stereocenters. The first-order chi connectivity index (χ1) is 12.6. The van der Waals surface area contributed by atoms with Gasteiger partial charge in [-0.2, -0.15) is 5.10 Å². The molecular formula is C19H15FN4O2. The molecule has 2 aromatic carbocycles. The molecule has 0 aliphatic carbocycles. The first-order valence-electron chi connectivity index (χ1n) is 8.00. The Labute approximate surface area is 148 Å². The Morgan fingerprint density at radius 2 is 2.12 bits per heavy atom. The summed E-state index contributed by atoms with van der Waals surface area (Å²) in [6, 6.07) is 12.9. The summed E-state index contributed by atoms with van der Waals surface area (Å²) in [5.41, 5.74) is 2.97. The third-order valence-corrected chi connectivity index (χ3v) is 4.02. The summed E-state index contributed by atoms with van der Waals surface area (Å²) in [6.07, 6.45) is 1.64. The van der Waals surface area contributed by atoms with Crippen LogP contribution in [0.25, 0.3) is 22.6 Å². The lowest BCUT2D eigenvalue weighted by Gasteiger charge is -2.15. The molecule has 0 radical (unpaired) electrons. The van der Waals surface area contributed by atoms with Crippen LogP contribution in [0.3, 0.4) is 0 Å². The van der Waals surface area contributed by atoms with Gasteiger partial charge in [-0.15, -0.1) is 0 Å². The summed E-state index contributed by atoms with van der Waals surface area (Å²) in [4.78, 5) is 18.6. The van der Waals surface area contributed by atoms with E-state index < -0.39 is 0 Å². The molecule has 1 N–H and O–H groups in total. The fraction of sp³-hybridized carbons (Fsp3) is 0.105. The average Bonchev–Trinajstić information content (AvgIpc) is 3.29. The average molecular weight is 350 g/mol. The number of aromatic amines is 1. The number of aromatic nitrogens is 3. The lowest BCUT2D eigenvalue weighted by Crippen LogP contribution is -2.26. The number of hydrogen-bond acceptors (Lipinski definition) is 4. The zero-order valence-electron chi connectivity index (χ0n) is 13.9. The standard InChI is InChI=1S/C19H15FN4O2/c1-24(11-15-7-8-21-23-15)19(25)13-5-6-17-16(10-13)22-18(26-17)12-3-2-4-14(20)9-12/h2-10H,11H2,1H3,(H,21,23). The van der Waals surface area contributed by atoms with Crippen molar-refractivity contribution >= 4 is 17.0 Å². The molecule has 1 amide bonds. The summed E-state index contributed by atoms with van der Waals surface area (Å²) in [7, 11) is 1.72. The molecule has 0 aliphatic rings. The second-order valence-electron chi connectivity index (χ2n) is 5.95. The van der Waals surface area contributed by atoms with Crippen molar-refractivity contribution in [3.63, 3.8) is 0 Å². The number of oxazole rings is 1. The maximum Gasteiger partial charge on any atom is 0.254 e. The maximum absolute atomic E-state index is 13.4. The molecule has 0 aliphatic heterocycles. The number of nitrogens with one attached hydrogen (secondary N) is 1. The number of amides is 1. The first kappa shape index (κ1) is 16.0. The van der Waals surface area contributed by atoms with E-state index in [1.807, 2.05) is 6.07 Å². The van der Waals surface area contributed by atoms with Crippen LogP contribution in [0.1, 0.15) is 16.1 Å². The molecule has 7 heteroatoms. The molecule has 0 saturated carbocycles. The van der Waals surface area contributed by atoms with E-state index in [4.69, 9.17) is 4.42 Å². The van der Waals surface area contributed by atoms with Gasteiger partial charge in [-0.3, -0.25) is 9.89 Å². The van der Waals surface area contributed by atoms with Crippen LogP contribution in [0.15, 0.2) is 59.1 Å². The molecule has 4 rings (SSSR count). The number of benzene rings is 2. The summed E-state index contributed by atoms with van der Waals surface area (Å²) in [5.74, 6) is -0.187. The van der Waals surface area contributed by atoms with E-state index in [9.17, 15) is 9.18 Å². The van der Waals surface area contributed by atoms with Crippen LogP contribution in [0.2, 0.25) is 0 Å². The normalized spacial score (nSPS) is 11.0. The molecule has 26 heavy (non-hydrogen) atoms. The van der Waals surface area contributed by atoms with E-state index in [0.717, 1.165) is 5.69 Å². The van der Waals surface area contributed by atoms with Crippen LogP contribution >= 0.6 is 0 Å². The van der Waals surface area contributed by atoms with Gasteiger partial charge in [-0.1, -0.05) is 6.07 Å². The quantitative estimate of drug-likeness (QED) is 0.610. The van der Waals surface area contributed by atoms with E-state index >= 15 is 0 Å².